The summed E-state index contributed by atoms with van der Waals surface area (Å²) in [5, 5.41) is 25.8. The van der Waals surface area contributed by atoms with E-state index < -0.39 is 0 Å². The molecule has 2 N–H and O–H groups in total. The SMILES string of the molecule is O=C(Nc1nnc(-c2ccsc2)s1)N1CCc2ccc(O)cc2C1. The summed E-state index contributed by atoms with van der Waals surface area (Å²) < 4.78 is 0. The van der Waals surface area contributed by atoms with Crippen LogP contribution in [0.25, 0.3) is 10.6 Å². The molecule has 1 aromatic carbocycles. The Morgan fingerprint density at radius 1 is 1.25 bits per heavy atom. The minimum atomic E-state index is -0.197. The molecular weight excluding hydrogens is 344 g/mol. The number of urea groups is 1. The van der Waals surface area contributed by atoms with E-state index in [9.17, 15) is 9.90 Å². The van der Waals surface area contributed by atoms with E-state index in [-0.39, 0.29) is 11.8 Å². The molecule has 0 bridgehead atoms. The number of carbonyl (C=O) groups is 1. The van der Waals surface area contributed by atoms with Gasteiger partial charge in [0, 0.05) is 24.0 Å². The fourth-order valence-electron chi connectivity index (χ4n) is 2.66. The van der Waals surface area contributed by atoms with Crippen molar-refractivity contribution in [2.75, 3.05) is 11.9 Å². The van der Waals surface area contributed by atoms with Crippen molar-refractivity contribution in [3.8, 4) is 16.3 Å². The maximum absolute atomic E-state index is 12.5. The van der Waals surface area contributed by atoms with E-state index >= 15 is 0 Å². The van der Waals surface area contributed by atoms with Crippen LogP contribution in [0.2, 0.25) is 0 Å². The number of aromatic nitrogens is 2. The van der Waals surface area contributed by atoms with Gasteiger partial charge in [-0.05, 0) is 41.1 Å². The second-order valence-electron chi connectivity index (χ2n) is 5.48. The summed E-state index contributed by atoms with van der Waals surface area (Å²) in [7, 11) is 0. The normalized spacial score (nSPS) is 13.6. The zero-order valence-corrected chi connectivity index (χ0v) is 14.2. The fourth-order valence-corrected chi connectivity index (χ4v) is 4.11. The molecule has 2 amide bonds. The smallest absolute Gasteiger partial charge is 0.324 e. The lowest BCUT2D eigenvalue weighted by Gasteiger charge is -2.28. The third-order valence-electron chi connectivity index (χ3n) is 3.90. The van der Waals surface area contributed by atoms with Crippen molar-refractivity contribution in [1.82, 2.24) is 15.1 Å². The predicted octanol–water partition coefficient (Wildman–Crippen LogP) is 3.56. The summed E-state index contributed by atoms with van der Waals surface area (Å²) in [6.07, 6.45) is 0.777. The molecular formula is C16H14N4O2S2. The van der Waals surface area contributed by atoms with Gasteiger partial charge in [0.1, 0.15) is 10.8 Å². The number of fused-ring (bicyclic) bond motifs is 1. The molecule has 8 heteroatoms. The molecule has 24 heavy (non-hydrogen) atoms. The molecule has 122 valence electrons. The number of rotatable bonds is 2. The highest BCUT2D eigenvalue weighted by Gasteiger charge is 2.22. The number of amides is 2. The molecule has 0 fully saturated rings. The quantitative estimate of drug-likeness (QED) is 0.734. The topological polar surface area (TPSA) is 78.4 Å². The lowest BCUT2D eigenvalue weighted by molar-refractivity contribution is 0.206. The third kappa shape index (κ3) is 2.98. The lowest BCUT2D eigenvalue weighted by atomic mass is 10.00. The number of carbonyl (C=O) groups excluding carboxylic acids is 1. The maximum atomic E-state index is 12.5. The van der Waals surface area contributed by atoms with Crippen molar-refractivity contribution in [3.05, 3.63) is 46.2 Å². The van der Waals surface area contributed by atoms with Gasteiger partial charge in [-0.15, -0.1) is 10.2 Å². The molecule has 0 atom stereocenters. The van der Waals surface area contributed by atoms with Crippen molar-refractivity contribution in [3.63, 3.8) is 0 Å². The van der Waals surface area contributed by atoms with Crippen LogP contribution in [0.4, 0.5) is 9.93 Å². The number of phenols is 1. The first kappa shape index (κ1) is 15.1. The Morgan fingerprint density at radius 3 is 3.00 bits per heavy atom. The molecule has 0 spiro atoms. The van der Waals surface area contributed by atoms with Gasteiger partial charge in [0.2, 0.25) is 5.13 Å². The van der Waals surface area contributed by atoms with Gasteiger partial charge in [0.15, 0.2) is 0 Å². The van der Waals surface area contributed by atoms with Crippen LogP contribution >= 0.6 is 22.7 Å². The number of anilines is 1. The summed E-state index contributed by atoms with van der Waals surface area (Å²) in [5.41, 5.74) is 3.17. The standard InChI is InChI=1S/C16H14N4O2S2/c21-13-2-1-10-3-5-20(8-12(10)7-13)16(22)17-15-19-18-14(24-15)11-4-6-23-9-11/h1-2,4,6-7,9,21H,3,5,8H2,(H,17,19,22). The molecule has 3 heterocycles. The van der Waals surface area contributed by atoms with Crippen LogP contribution in [-0.4, -0.2) is 32.8 Å². The van der Waals surface area contributed by atoms with Gasteiger partial charge < -0.3 is 10.0 Å². The lowest BCUT2D eigenvalue weighted by Crippen LogP contribution is -2.38. The number of thiophene rings is 1. The van der Waals surface area contributed by atoms with Crippen molar-refractivity contribution in [1.29, 1.82) is 0 Å². The summed E-state index contributed by atoms with van der Waals surface area (Å²) >= 11 is 2.95. The van der Waals surface area contributed by atoms with Crippen molar-refractivity contribution in [2.24, 2.45) is 0 Å². The average molecular weight is 358 g/mol. The van der Waals surface area contributed by atoms with E-state index in [2.05, 4.69) is 15.5 Å². The van der Waals surface area contributed by atoms with Gasteiger partial charge in [-0.25, -0.2) is 4.79 Å². The number of hydrogen-bond acceptors (Lipinski definition) is 6. The Morgan fingerprint density at radius 2 is 2.17 bits per heavy atom. The van der Waals surface area contributed by atoms with Crippen LogP contribution < -0.4 is 5.32 Å². The molecule has 0 saturated carbocycles. The zero-order valence-electron chi connectivity index (χ0n) is 12.6. The molecule has 0 radical (unpaired) electrons. The molecule has 0 saturated heterocycles. The van der Waals surface area contributed by atoms with Crippen molar-refractivity contribution < 1.29 is 9.90 Å². The molecule has 0 aliphatic carbocycles. The highest BCUT2D eigenvalue weighted by atomic mass is 32.1. The first-order chi connectivity index (χ1) is 11.7. The molecule has 1 aliphatic heterocycles. The van der Waals surface area contributed by atoms with Gasteiger partial charge in [0.05, 0.1) is 0 Å². The van der Waals surface area contributed by atoms with Crippen molar-refractivity contribution in [2.45, 2.75) is 13.0 Å². The highest BCUT2D eigenvalue weighted by molar-refractivity contribution is 7.19. The Kier molecular flexibility index (Phi) is 3.91. The van der Waals surface area contributed by atoms with Crippen LogP contribution in [-0.2, 0) is 13.0 Å². The third-order valence-corrected chi connectivity index (χ3v) is 5.47. The molecule has 4 rings (SSSR count). The molecule has 3 aromatic rings. The van der Waals surface area contributed by atoms with E-state index in [0.717, 1.165) is 22.6 Å². The van der Waals surface area contributed by atoms with Gasteiger partial charge in [-0.2, -0.15) is 11.3 Å². The van der Waals surface area contributed by atoms with Crippen LogP contribution in [0, 0.1) is 0 Å². The molecule has 6 nitrogen and oxygen atoms in total. The molecule has 1 aliphatic rings. The Balaban J connectivity index is 1.45. The van der Waals surface area contributed by atoms with E-state index in [1.807, 2.05) is 22.9 Å². The number of hydrogen-bond donors (Lipinski definition) is 2. The largest absolute Gasteiger partial charge is 0.508 e. The van der Waals surface area contributed by atoms with Crippen LogP contribution in [0.3, 0.4) is 0 Å². The Labute approximate surface area is 146 Å². The fraction of sp³-hybridized carbons (Fsp3) is 0.188. The molecule has 2 aromatic heterocycles. The number of nitrogens with one attached hydrogen (secondary N) is 1. The van der Waals surface area contributed by atoms with Crippen molar-refractivity contribution >= 4 is 33.8 Å². The van der Waals surface area contributed by atoms with Gasteiger partial charge in [-0.3, -0.25) is 5.32 Å². The van der Waals surface area contributed by atoms with Gasteiger partial charge in [-0.1, -0.05) is 17.4 Å². The zero-order chi connectivity index (χ0) is 16.5. The summed E-state index contributed by atoms with van der Waals surface area (Å²) in [6.45, 7) is 1.12. The van der Waals surface area contributed by atoms with E-state index in [1.165, 1.54) is 16.9 Å². The molecule has 0 unspecified atom stereocenters. The Bertz CT molecular complexity index is 876. The van der Waals surface area contributed by atoms with Crippen LogP contribution in [0.1, 0.15) is 11.1 Å². The van der Waals surface area contributed by atoms with Gasteiger partial charge in [0.25, 0.3) is 0 Å². The minimum Gasteiger partial charge on any atom is -0.508 e. The number of aromatic hydroxyl groups is 1. The second-order valence-corrected chi connectivity index (χ2v) is 7.24. The monoisotopic (exact) mass is 358 g/mol. The average Bonchev–Trinajstić information content (AvgIpc) is 3.25. The van der Waals surface area contributed by atoms with E-state index in [4.69, 9.17) is 0 Å². The second kappa shape index (κ2) is 6.21. The summed E-state index contributed by atoms with van der Waals surface area (Å²) in [6, 6.07) is 7.09. The minimum absolute atomic E-state index is 0.197. The number of phenolic OH excluding ortho intramolecular Hbond substituents is 1. The summed E-state index contributed by atoms with van der Waals surface area (Å²) in [4.78, 5) is 14.2. The maximum Gasteiger partial charge on any atom is 0.324 e. The first-order valence-electron chi connectivity index (χ1n) is 7.42. The van der Waals surface area contributed by atoms with E-state index in [0.29, 0.717) is 18.2 Å². The van der Waals surface area contributed by atoms with Crippen LogP contribution in [0.5, 0.6) is 5.75 Å². The number of nitrogens with zero attached hydrogens (tertiary/aromatic N) is 3. The number of benzene rings is 1. The first-order valence-corrected chi connectivity index (χ1v) is 9.18. The highest BCUT2D eigenvalue weighted by Crippen LogP contribution is 2.28. The van der Waals surface area contributed by atoms with E-state index in [1.54, 1.807) is 28.4 Å². The summed E-state index contributed by atoms with van der Waals surface area (Å²) in [5.74, 6) is 0.223. The predicted molar refractivity (Wildman–Crippen MR) is 94.5 cm³/mol. The van der Waals surface area contributed by atoms with Gasteiger partial charge >= 0.3 is 6.03 Å². The Hall–Kier alpha value is -2.45. The van der Waals surface area contributed by atoms with Crippen LogP contribution in [0.15, 0.2) is 35.0 Å².